The van der Waals surface area contributed by atoms with Crippen LogP contribution in [-0.2, 0) is 29.8 Å². The Labute approximate surface area is 356 Å². The van der Waals surface area contributed by atoms with Gasteiger partial charge in [-0.2, -0.15) is 16.8 Å². The Morgan fingerprint density at radius 2 is 0.710 bits per heavy atom. The number of nitrogens with one attached hydrogen (secondary N) is 4. The first kappa shape index (κ1) is 43.6. The molecule has 62 heavy (non-hydrogen) atoms. The van der Waals surface area contributed by atoms with Crippen LogP contribution in [-0.4, -0.2) is 40.8 Å². The SMILES string of the molecule is Cc1ccc(S(=O)(=O)Oc2cccc(NC(=O)Nc3cccc(OC(=O)/C=C/C(=O)Oc4cccc(NC(=O)Nc5cccc(OS(=O)(=O)c6ccc(C)cc6)c5)c4)c3)c2)cc1. The number of hydrogen-bond acceptors (Lipinski definition) is 12. The van der Waals surface area contributed by atoms with Gasteiger partial charge in [0.05, 0.1) is 0 Å². The molecular weight excluding hydrogens is 841 g/mol. The van der Waals surface area contributed by atoms with Crippen LogP contribution >= 0.6 is 0 Å². The molecule has 0 aliphatic heterocycles. The lowest BCUT2D eigenvalue weighted by molar-refractivity contribution is -0.131. The van der Waals surface area contributed by atoms with E-state index in [1.54, 1.807) is 24.3 Å². The van der Waals surface area contributed by atoms with Gasteiger partial charge in [0, 0.05) is 59.2 Å². The first-order chi connectivity index (χ1) is 29.6. The monoisotopic (exact) mass is 876 g/mol. The lowest BCUT2D eigenvalue weighted by Crippen LogP contribution is -2.19. The molecule has 0 spiro atoms. The van der Waals surface area contributed by atoms with Crippen molar-refractivity contribution in [1.29, 1.82) is 0 Å². The van der Waals surface area contributed by atoms with Gasteiger partial charge < -0.3 is 39.1 Å². The molecule has 0 atom stereocenters. The van der Waals surface area contributed by atoms with Gasteiger partial charge in [-0.1, -0.05) is 59.7 Å². The summed E-state index contributed by atoms with van der Waals surface area (Å²) in [5.74, 6) is -1.85. The lowest BCUT2D eigenvalue weighted by Gasteiger charge is -2.11. The summed E-state index contributed by atoms with van der Waals surface area (Å²) < 4.78 is 71.7. The molecule has 0 heterocycles. The van der Waals surface area contributed by atoms with Gasteiger partial charge in [-0.25, -0.2) is 19.2 Å². The van der Waals surface area contributed by atoms with E-state index in [-0.39, 0.29) is 55.5 Å². The Kier molecular flexibility index (Phi) is 13.6. The number of amides is 4. The molecule has 0 bridgehead atoms. The Bertz CT molecular complexity index is 2690. The molecule has 0 aliphatic rings. The number of ether oxygens (including phenoxy) is 2. The normalized spacial score (nSPS) is 11.2. The van der Waals surface area contributed by atoms with Crippen LogP contribution in [0, 0.1) is 13.8 Å². The third-order valence-corrected chi connectivity index (χ3v) is 10.7. The number of anilines is 4. The lowest BCUT2D eigenvalue weighted by atomic mass is 10.2. The average molecular weight is 877 g/mol. The highest BCUT2D eigenvalue weighted by atomic mass is 32.2. The molecule has 18 heteroatoms. The van der Waals surface area contributed by atoms with Gasteiger partial charge in [-0.05, 0) is 86.6 Å². The number of aryl methyl sites for hydroxylation is 2. The van der Waals surface area contributed by atoms with E-state index in [0.29, 0.717) is 0 Å². The number of benzene rings is 6. The quantitative estimate of drug-likeness (QED) is 0.0352. The van der Waals surface area contributed by atoms with E-state index in [2.05, 4.69) is 21.3 Å². The van der Waals surface area contributed by atoms with E-state index in [1.807, 2.05) is 13.8 Å². The second-order valence-corrected chi connectivity index (χ2v) is 16.2. The fourth-order valence-corrected chi connectivity index (χ4v) is 7.15. The summed E-state index contributed by atoms with van der Waals surface area (Å²) in [4.78, 5) is 50.4. The summed E-state index contributed by atoms with van der Waals surface area (Å²) in [6, 6.07) is 34.1. The van der Waals surface area contributed by atoms with Crippen LogP contribution in [0.25, 0.3) is 0 Å². The minimum atomic E-state index is -4.12. The second-order valence-electron chi connectivity index (χ2n) is 13.1. The van der Waals surface area contributed by atoms with Crippen molar-refractivity contribution in [2.75, 3.05) is 21.3 Å². The van der Waals surface area contributed by atoms with E-state index < -0.39 is 44.2 Å². The van der Waals surface area contributed by atoms with Crippen LogP contribution < -0.4 is 39.1 Å². The molecule has 0 saturated heterocycles. The molecule has 0 aliphatic carbocycles. The van der Waals surface area contributed by atoms with Crippen LogP contribution in [0.5, 0.6) is 23.0 Å². The minimum Gasteiger partial charge on any atom is -0.423 e. The fourth-order valence-electron chi connectivity index (χ4n) is 5.31. The van der Waals surface area contributed by atoms with Crippen molar-refractivity contribution >= 4 is 67.0 Å². The highest BCUT2D eigenvalue weighted by Crippen LogP contribution is 2.25. The zero-order valence-corrected chi connectivity index (χ0v) is 34.4. The maximum atomic E-state index is 12.7. The highest BCUT2D eigenvalue weighted by molar-refractivity contribution is 7.87. The molecule has 0 fully saturated rings. The minimum absolute atomic E-state index is 0.0241. The largest absolute Gasteiger partial charge is 0.423 e. The highest BCUT2D eigenvalue weighted by Gasteiger charge is 2.19. The summed E-state index contributed by atoms with van der Waals surface area (Å²) in [7, 11) is -8.23. The van der Waals surface area contributed by atoms with Crippen LogP contribution in [0.3, 0.4) is 0 Å². The van der Waals surface area contributed by atoms with Crippen molar-refractivity contribution < 1.29 is 53.9 Å². The van der Waals surface area contributed by atoms with E-state index in [9.17, 15) is 36.0 Å². The average Bonchev–Trinajstić information content (AvgIpc) is 3.20. The molecule has 0 saturated carbocycles. The third kappa shape index (κ3) is 12.8. The topological polar surface area (TPSA) is 222 Å². The second kappa shape index (κ2) is 19.4. The Hall–Kier alpha value is -7.96. The van der Waals surface area contributed by atoms with Gasteiger partial charge in [-0.15, -0.1) is 0 Å². The van der Waals surface area contributed by atoms with E-state index in [1.165, 1.54) is 121 Å². The molecule has 316 valence electrons. The number of carbonyl (C=O) groups is 4. The molecular formula is C44H36N4O12S2. The van der Waals surface area contributed by atoms with Crippen molar-refractivity contribution in [3.63, 3.8) is 0 Å². The predicted octanol–water partition coefficient (Wildman–Crippen LogP) is 8.19. The van der Waals surface area contributed by atoms with Gasteiger partial charge >= 0.3 is 44.2 Å². The molecule has 16 nitrogen and oxygen atoms in total. The summed E-state index contributed by atoms with van der Waals surface area (Å²) in [6.07, 6.45) is 1.67. The summed E-state index contributed by atoms with van der Waals surface area (Å²) in [5.41, 5.74) is 2.69. The van der Waals surface area contributed by atoms with Crippen LogP contribution in [0.2, 0.25) is 0 Å². The van der Waals surface area contributed by atoms with E-state index in [4.69, 9.17) is 17.8 Å². The zero-order valence-electron chi connectivity index (χ0n) is 32.7. The molecule has 6 rings (SSSR count). The Morgan fingerprint density at radius 1 is 0.419 bits per heavy atom. The molecule has 0 radical (unpaired) electrons. The summed E-state index contributed by atoms with van der Waals surface area (Å²) in [6.45, 7) is 3.65. The molecule has 6 aromatic rings. The Balaban J connectivity index is 0.960. The summed E-state index contributed by atoms with van der Waals surface area (Å²) >= 11 is 0. The number of carbonyl (C=O) groups excluding carboxylic acids is 4. The maximum absolute atomic E-state index is 12.7. The first-order valence-corrected chi connectivity index (χ1v) is 21.1. The molecule has 0 unspecified atom stereocenters. The van der Waals surface area contributed by atoms with Crippen LogP contribution in [0.15, 0.2) is 168 Å². The third-order valence-electron chi connectivity index (χ3n) is 8.19. The van der Waals surface area contributed by atoms with E-state index in [0.717, 1.165) is 23.3 Å². The molecule has 4 amide bonds. The standard InChI is InChI=1S/C44H36N4O12S2/c1-29-15-19-39(20-16-29)61(53,54)59-37-13-5-9-33(27-37)47-43(51)45-31-7-3-11-35(25-31)57-41(49)23-24-42(50)58-36-12-4-8-32(26-36)46-44(52)48-34-10-6-14-38(28-34)60-62(55,56)40-21-17-30(2)18-22-40/h3-28H,1-2H3,(H2,45,47,51)(H2,46,48,52)/b24-23+. The fraction of sp³-hybridized carbons (Fsp3) is 0.0455. The number of urea groups is 2. The van der Waals surface area contributed by atoms with Crippen molar-refractivity contribution in [2.24, 2.45) is 0 Å². The van der Waals surface area contributed by atoms with Crippen molar-refractivity contribution in [2.45, 2.75) is 23.6 Å². The maximum Gasteiger partial charge on any atom is 0.339 e. The van der Waals surface area contributed by atoms with Gasteiger partial charge in [0.2, 0.25) is 0 Å². The number of esters is 2. The van der Waals surface area contributed by atoms with E-state index >= 15 is 0 Å². The molecule has 6 aromatic carbocycles. The smallest absolute Gasteiger partial charge is 0.339 e. The Morgan fingerprint density at radius 3 is 1.03 bits per heavy atom. The van der Waals surface area contributed by atoms with Gasteiger partial charge in [0.1, 0.15) is 32.8 Å². The van der Waals surface area contributed by atoms with Crippen LogP contribution in [0.4, 0.5) is 32.3 Å². The molecule has 4 N–H and O–H groups in total. The van der Waals surface area contributed by atoms with Crippen LogP contribution in [0.1, 0.15) is 11.1 Å². The van der Waals surface area contributed by atoms with Crippen molar-refractivity contribution in [1.82, 2.24) is 0 Å². The van der Waals surface area contributed by atoms with Gasteiger partial charge in [0.15, 0.2) is 0 Å². The number of hydrogen-bond donors (Lipinski definition) is 4. The van der Waals surface area contributed by atoms with Gasteiger partial charge in [-0.3, -0.25) is 0 Å². The first-order valence-electron chi connectivity index (χ1n) is 18.3. The van der Waals surface area contributed by atoms with Gasteiger partial charge in [0.25, 0.3) is 0 Å². The van der Waals surface area contributed by atoms with Crippen molar-refractivity contribution in [3.8, 4) is 23.0 Å². The van der Waals surface area contributed by atoms with Crippen molar-refractivity contribution in [3.05, 3.63) is 169 Å². The number of rotatable bonds is 14. The predicted molar refractivity (Wildman–Crippen MR) is 229 cm³/mol. The zero-order chi connectivity index (χ0) is 44.3. The summed E-state index contributed by atoms with van der Waals surface area (Å²) in [5, 5.41) is 10.3. The molecule has 0 aromatic heterocycles.